The molecule has 0 amide bonds. The van der Waals surface area contributed by atoms with Gasteiger partial charge in [-0.15, -0.1) is 0 Å². The number of aromatic nitrogens is 1. The van der Waals surface area contributed by atoms with Crippen molar-refractivity contribution in [3.05, 3.63) is 30.0 Å². The molecule has 0 saturated carbocycles. The monoisotopic (exact) mass is 247 g/mol. The molecular formula is C15H21NO2. The maximum atomic E-state index is 9.97. The zero-order valence-electron chi connectivity index (χ0n) is 11.4. The van der Waals surface area contributed by atoms with E-state index in [-0.39, 0.29) is 5.75 Å². The van der Waals surface area contributed by atoms with Crippen molar-refractivity contribution < 1.29 is 10.2 Å². The third kappa shape index (κ3) is 2.51. The van der Waals surface area contributed by atoms with Gasteiger partial charge in [0.2, 0.25) is 0 Å². The van der Waals surface area contributed by atoms with Gasteiger partial charge >= 0.3 is 0 Å². The second-order valence-electron chi connectivity index (χ2n) is 5.85. The first-order chi connectivity index (χ1) is 8.28. The van der Waals surface area contributed by atoms with Crippen molar-refractivity contribution in [3.8, 4) is 5.75 Å². The predicted octanol–water partition coefficient (Wildman–Crippen LogP) is 3.24. The van der Waals surface area contributed by atoms with Crippen LogP contribution in [-0.4, -0.2) is 20.4 Å². The average molecular weight is 247 g/mol. The van der Waals surface area contributed by atoms with Crippen LogP contribution >= 0.6 is 0 Å². The van der Waals surface area contributed by atoms with E-state index >= 15 is 0 Å². The van der Waals surface area contributed by atoms with Crippen LogP contribution in [0, 0.1) is 0 Å². The van der Waals surface area contributed by atoms with Gasteiger partial charge in [0.15, 0.2) is 0 Å². The van der Waals surface area contributed by atoms with E-state index in [9.17, 15) is 10.2 Å². The van der Waals surface area contributed by atoms with Crippen molar-refractivity contribution in [2.45, 2.75) is 45.8 Å². The zero-order valence-corrected chi connectivity index (χ0v) is 11.4. The molecule has 3 heteroatoms. The number of rotatable bonds is 3. The summed E-state index contributed by atoms with van der Waals surface area (Å²) >= 11 is 0. The normalized spacial score (nSPS) is 12.6. The van der Waals surface area contributed by atoms with Crippen molar-refractivity contribution in [2.75, 3.05) is 0 Å². The van der Waals surface area contributed by atoms with Crippen LogP contribution < -0.4 is 0 Å². The number of phenols is 1. The first-order valence-corrected chi connectivity index (χ1v) is 6.33. The van der Waals surface area contributed by atoms with E-state index in [1.165, 1.54) is 0 Å². The lowest BCUT2D eigenvalue weighted by molar-refractivity contribution is 0.0813. The molecule has 0 radical (unpaired) electrons. The lowest BCUT2D eigenvalue weighted by Crippen LogP contribution is -2.21. The Kier molecular flexibility index (Phi) is 3.11. The number of benzene rings is 1. The fourth-order valence-electron chi connectivity index (χ4n) is 2.35. The molecule has 98 valence electrons. The molecule has 18 heavy (non-hydrogen) atoms. The van der Waals surface area contributed by atoms with Gasteiger partial charge in [0.05, 0.1) is 11.1 Å². The van der Waals surface area contributed by atoms with E-state index in [0.717, 1.165) is 16.5 Å². The number of nitrogens with zero attached hydrogens (tertiary/aromatic N) is 1. The van der Waals surface area contributed by atoms with Crippen molar-refractivity contribution >= 4 is 10.9 Å². The molecule has 2 N–H and O–H groups in total. The van der Waals surface area contributed by atoms with Crippen molar-refractivity contribution in [3.63, 3.8) is 0 Å². The summed E-state index contributed by atoms with van der Waals surface area (Å²) in [6, 6.07) is 5.72. The standard InChI is InChI=1S/C15H21NO2/c1-10(2)16-9-11(8-15(3,4)18)13-6-5-12(17)7-14(13)16/h5-7,9-10,17-18H,8H2,1-4H3. The van der Waals surface area contributed by atoms with Crippen LogP contribution in [-0.2, 0) is 6.42 Å². The third-order valence-electron chi connectivity index (χ3n) is 3.08. The Morgan fingerprint density at radius 2 is 1.94 bits per heavy atom. The molecule has 0 atom stereocenters. The van der Waals surface area contributed by atoms with E-state index < -0.39 is 5.60 Å². The first kappa shape index (κ1) is 13.0. The van der Waals surface area contributed by atoms with E-state index in [4.69, 9.17) is 0 Å². The number of aromatic hydroxyl groups is 1. The Balaban J connectivity index is 2.61. The SMILES string of the molecule is CC(C)n1cc(CC(C)(C)O)c2ccc(O)cc21. The van der Waals surface area contributed by atoms with E-state index in [2.05, 4.69) is 24.6 Å². The van der Waals surface area contributed by atoms with Gasteiger partial charge in [-0.25, -0.2) is 0 Å². The van der Waals surface area contributed by atoms with Crippen LogP contribution in [0.5, 0.6) is 5.75 Å². The molecule has 2 aromatic rings. The summed E-state index contributed by atoms with van der Waals surface area (Å²) in [6.45, 7) is 7.84. The average Bonchev–Trinajstić information content (AvgIpc) is 2.54. The highest BCUT2D eigenvalue weighted by Crippen LogP contribution is 2.29. The van der Waals surface area contributed by atoms with Gasteiger partial charge in [-0.2, -0.15) is 0 Å². The molecule has 1 heterocycles. The second-order valence-corrected chi connectivity index (χ2v) is 5.85. The fourth-order valence-corrected chi connectivity index (χ4v) is 2.35. The van der Waals surface area contributed by atoms with Gasteiger partial charge < -0.3 is 14.8 Å². The van der Waals surface area contributed by atoms with Gasteiger partial charge in [0.25, 0.3) is 0 Å². The molecule has 0 fully saturated rings. The van der Waals surface area contributed by atoms with Crippen LogP contribution in [0.25, 0.3) is 10.9 Å². The molecule has 0 spiro atoms. The van der Waals surface area contributed by atoms with Crippen molar-refractivity contribution in [2.24, 2.45) is 0 Å². The minimum Gasteiger partial charge on any atom is -0.508 e. The number of hydrogen-bond acceptors (Lipinski definition) is 2. The summed E-state index contributed by atoms with van der Waals surface area (Å²) < 4.78 is 2.14. The fraction of sp³-hybridized carbons (Fsp3) is 0.467. The largest absolute Gasteiger partial charge is 0.508 e. The molecule has 0 aliphatic carbocycles. The van der Waals surface area contributed by atoms with Gasteiger partial charge in [-0.1, -0.05) is 0 Å². The highest BCUT2D eigenvalue weighted by Gasteiger charge is 2.18. The number of aliphatic hydroxyl groups is 1. The Bertz CT molecular complexity index is 562. The molecule has 0 aliphatic rings. The van der Waals surface area contributed by atoms with E-state index in [1.54, 1.807) is 12.1 Å². The Morgan fingerprint density at radius 1 is 1.28 bits per heavy atom. The van der Waals surface area contributed by atoms with E-state index in [0.29, 0.717) is 12.5 Å². The number of hydrogen-bond donors (Lipinski definition) is 2. The van der Waals surface area contributed by atoms with Gasteiger partial charge in [-0.05, 0) is 45.4 Å². The highest BCUT2D eigenvalue weighted by atomic mass is 16.3. The Morgan fingerprint density at radius 3 is 2.50 bits per heavy atom. The summed E-state index contributed by atoms with van der Waals surface area (Å²) in [4.78, 5) is 0. The number of phenolic OH excluding ortho intramolecular Hbond substituents is 1. The minimum atomic E-state index is -0.728. The molecule has 2 rings (SSSR count). The van der Waals surface area contributed by atoms with Gasteiger partial charge in [-0.3, -0.25) is 0 Å². The summed E-state index contributed by atoms with van der Waals surface area (Å²) in [7, 11) is 0. The lowest BCUT2D eigenvalue weighted by Gasteiger charge is -2.16. The van der Waals surface area contributed by atoms with E-state index in [1.807, 2.05) is 19.9 Å². The van der Waals surface area contributed by atoms with Gasteiger partial charge in [0.1, 0.15) is 5.75 Å². The Labute approximate surface area is 108 Å². The topological polar surface area (TPSA) is 45.4 Å². The smallest absolute Gasteiger partial charge is 0.117 e. The minimum absolute atomic E-state index is 0.275. The molecule has 1 aromatic heterocycles. The number of fused-ring (bicyclic) bond motifs is 1. The molecule has 0 bridgehead atoms. The summed E-state index contributed by atoms with van der Waals surface area (Å²) in [5, 5.41) is 20.7. The first-order valence-electron chi connectivity index (χ1n) is 6.33. The molecule has 0 unspecified atom stereocenters. The molecule has 0 saturated heterocycles. The summed E-state index contributed by atoms with van der Waals surface area (Å²) in [5.74, 6) is 0.275. The van der Waals surface area contributed by atoms with Crippen LogP contribution in [0.4, 0.5) is 0 Å². The molecular weight excluding hydrogens is 226 g/mol. The molecule has 1 aromatic carbocycles. The van der Waals surface area contributed by atoms with Crippen LogP contribution in [0.3, 0.4) is 0 Å². The Hall–Kier alpha value is -1.48. The van der Waals surface area contributed by atoms with Crippen LogP contribution in [0.15, 0.2) is 24.4 Å². The zero-order chi connectivity index (χ0) is 13.5. The highest BCUT2D eigenvalue weighted by molar-refractivity contribution is 5.85. The summed E-state index contributed by atoms with van der Waals surface area (Å²) in [6.07, 6.45) is 2.68. The maximum absolute atomic E-state index is 9.97. The quantitative estimate of drug-likeness (QED) is 0.874. The third-order valence-corrected chi connectivity index (χ3v) is 3.08. The molecule has 3 nitrogen and oxygen atoms in total. The van der Waals surface area contributed by atoms with Crippen molar-refractivity contribution in [1.82, 2.24) is 4.57 Å². The maximum Gasteiger partial charge on any atom is 0.117 e. The van der Waals surface area contributed by atoms with Gasteiger partial charge in [0, 0.05) is 30.1 Å². The second kappa shape index (κ2) is 4.32. The predicted molar refractivity (Wildman–Crippen MR) is 74.0 cm³/mol. The van der Waals surface area contributed by atoms with Crippen molar-refractivity contribution in [1.29, 1.82) is 0 Å². The summed E-state index contributed by atoms with van der Waals surface area (Å²) in [5.41, 5.74) is 1.41. The van der Waals surface area contributed by atoms with Crippen LogP contribution in [0.2, 0.25) is 0 Å². The lowest BCUT2D eigenvalue weighted by atomic mass is 9.98. The molecule has 0 aliphatic heterocycles. The van der Waals surface area contributed by atoms with Crippen LogP contribution in [0.1, 0.15) is 39.3 Å².